The molecule has 2 aromatic rings. The molecule has 0 radical (unpaired) electrons. The van der Waals surface area contributed by atoms with Crippen LogP contribution in [0.2, 0.25) is 0 Å². The van der Waals surface area contributed by atoms with E-state index < -0.39 is 11.6 Å². The summed E-state index contributed by atoms with van der Waals surface area (Å²) >= 11 is 0. The first-order valence-electron chi connectivity index (χ1n) is 6.37. The van der Waals surface area contributed by atoms with Crippen LogP contribution in [0.1, 0.15) is 18.1 Å². The predicted molar refractivity (Wildman–Crippen MR) is 73.9 cm³/mol. The van der Waals surface area contributed by atoms with Crippen LogP contribution in [0, 0.1) is 18.6 Å². The fourth-order valence-corrected chi connectivity index (χ4v) is 2.14. The lowest BCUT2D eigenvalue weighted by atomic mass is 9.98. The standard InChI is InChI=1S/C16H17F2N/c1-3-19-10-12-4-5-16(11(2)6-12)13-7-14(17)9-15(18)8-13/h4-9,19H,3,10H2,1-2H3. The minimum atomic E-state index is -0.550. The van der Waals surface area contributed by atoms with E-state index in [1.807, 2.05) is 25.1 Å². The van der Waals surface area contributed by atoms with Crippen LogP contribution in [0.15, 0.2) is 36.4 Å². The van der Waals surface area contributed by atoms with Crippen molar-refractivity contribution in [2.24, 2.45) is 0 Å². The van der Waals surface area contributed by atoms with Crippen LogP contribution in [0.25, 0.3) is 11.1 Å². The van der Waals surface area contributed by atoms with Gasteiger partial charge in [0.25, 0.3) is 0 Å². The Kier molecular flexibility index (Phi) is 4.27. The smallest absolute Gasteiger partial charge is 0.126 e. The van der Waals surface area contributed by atoms with Gasteiger partial charge in [0.05, 0.1) is 0 Å². The van der Waals surface area contributed by atoms with Crippen LogP contribution in [-0.2, 0) is 6.54 Å². The first-order chi connectivity index (χ1) is 9.10. The fourth-order valence-electron chi connectivity index (χ4n) is 2.14. The second-order valence-electron chi connectivity index (χ2n) is 4.59. The number of hydrogen-bond donors (Lipinski definition) is 1. The summed E-state index contributed by atoms with van der Waals surface area (Å²) in [6.45, 7) is 5.72. The third-order valence-corrected chi connectivity index (χ3v) is 3.04. The second-order valence-corrected chi connectivity index (χ2v) is 4.59. The second kappa shape index (κ2) is 5.93. The van der Waals surface area contributed by atoms with E-state index in [4.69, 9.17) is 0 Å². The summed E-state index contributed by atoms with van der Waals surface area (Å²) in [5.41, 5.74) is 3.61. The van der Waals surface area contributed by atoms with Gasteiger partial charge in [-0.1, -0.05) is 25.1 Å². The Bertz CT molecular complexity index is 559. The van der Waals surface area contributed by atoms with Gasteiger partial charge in [-0.2, -0.15) is 0 Å². The first-order valence-corrected chi connectivity index (χ1v) is 6.37. The van der Waals surface area contributed by atoms with Crippen LogP contribution in [0.3, 0.4) is 0 Å². The maximum absolute atomic E-state index is 13.2. The highest BCUT2D eigenvalue weighted by atomic mass is 19.1. The number of aryl methyl sites for hydroxylation is 1. The zero-order chi connectivity index (χ0) is 13.8. The van der Waals surface area contributed by atoms with Crippen molar-refractivity contribution in [2.45, 2.75) is 20.4 Å². The van der Waals surface area contributed by atoms with Gasteiger partial charge in [-0.05, 0) is 47.9 Å². The Labute approximate surface area is 112 Å². The van der Waals surface area contributed by atoms with Gasteiger partial charge in [-0.3, -0.25) is 0 Å². The number of halogens is 2. The highest BCUT2D eigenvalue weighted by molar-refractivity contribution is 5.67. The van der Waals surface area contributed by atoms with E-state index in [1.165, 1.54) is 17.7 Å². The van der Waals surface area contributed by atoms with Crippen molar-refractivity contribution >= 4 is 0 Å². The number of benzene rings is 2. The van der Waals surface area contributed by atoms with E-state index in [2.05, 4.69) is 12.2 Å². The summed E-state index contributed by atoms with van der Waals surface area (Å²) in [6, 6.07) is 9.54. The third kappa shape index (κ3) is 3.38. The molecule has 3 heteroatoms. The summed E-state index contributed by atoms with van der Waals surface area (Å²) in [5, 5.41) is 3.25. The van der Waals surface area contributed by atoms with E-state index in [0.717, 1.165) is 30.3 Å². The summed E-state index contributed by atoms with van der Waals surface area (Å²) in [5.74, 6) is -1.10. The van der Waals surface area contributed by atoms with E-state index in [1.54, 1.807) is 0 Å². The lowest BCUT2D eigenvalue weighted by Crippen LogP contribution is -2.11. The van der Waals surface area contributed by atoms with Gasteiger partial charge >= 0.3 is 0 Å². The Balaban J connectivity index is 2.34. The maximum Gasteiger partial charge on any atom is 0.126 e. The minimum absolute atomic E-state index is 0.550. The molecular weight excluding hydrogens is 244 g/mol. The highest BCUT2D eigenvalue weighted by Crippen LogP contribution is 2.25. The molecule has 19 heavy (non-hydrogen) atoms. The summed E-state index contributed by atoms with van der Waals surface area (Å²) in [6.07, 6.45) is 0. The molecule has 0 aromatic heterocycles. The summed E-state index contributed by atoms with van der Waals surface area (Å²) in [7, 11) is 0. The van der Waals surface area contributed by atoms with E-state index in [-0.39, 0.29) is 0 Å². The van der Waals surface area contributed by atoms with Gasteiger partial charge in [-0.25, -0.2) is 8.78 Å². The molecule has 0 fully saturated rings. The van der Waals surface area contributed by atoms with Gasteiger partial charge in [0, 0.05) is 12.6 Å². The Morgan fingerprint density at radius 1 is 1.00 bits per heavy atom. The van der Waals surface area contributed by atoms with Crippen molar-refractivity contribution < 1.29 is 8.78 Å². The molecule has 0 heterocycles. The lowest BCUT2D eigenvalue weighted by Gasteiger charge is -2.09. The normalized spacial score (nSPS) is 10.7. The molecule has 0 saturated carbocycles. The Hall–Kier alpha value is -1.74. The molecule has 2 aromatic carbocycles. The van der Waals surface area contributed by atoms with E-state index >= 15 is 0 Å². The molecule has 0 aliphatic heterocycles. The van der Waals surface area contributed by atoms with Crippen molar-refractivity contribution in [3.63, 3.8) is 0 Å². The molecule has 0 aliphatic rings. The summed E-state index contributed by atoms with van der Waals surface area (Å²) < 4.78 is 26.5. The quantitative estimate of drug-likeness (QED) is 0.875. The van der Waals surface area contributed by atoms with Crippen LogP contribution in [0.5, 0.6) is 0 Å². The average molecular weight is 261 g/mol. The van der Waals surface area contributed by atoms with Gasteiger partial charge in [0.2, 0.25) is 0 Å². The zero-order valence-corrected chi connectivity index (χ0v) is 11.1. The van der Waals surface area contributed by atoms with Crippen molar-refractivity contribution in [3.8, 4) is 11.1 Å². The van der Waals surface area contributed by atoms with Gasteiger partial charge in [0.15, 0.2) is 0 Å². The van der Waals surface area contributed by atoms with E-state index in [9.17, 15) is 8.78 Å². The van der Waals surface area contributed by atoms with Gasteiger partial charge in [-0.15, -0.1) is 0 Å². The number of rotatable bonds is 4. The Morgan fingerprint density at radius 2 is 1.68 bits per heavy atom. The number of nitrogens with one attached hydrogen (secondary N) is 1. The largest absolute Gasteiger partial charge is 0.313 e. The molecule has 0 atom stereocenters. The Morgan fingerprint density at radius 3 is 2.26 bits per heavy atom. The fraction of sp³-hybridized carbons (Fsp3) is 0.250. The summed E-state index contributed by atoms with van der Waals surface area (Å²) in [4.78, 5) is 0. The number of hydrogen-bond acceptors (Lipinski definition) is 1. The molecule has 2 rings (SSSR count). The van der Waals surface area contributed by atoms with Crippen molar-refractivity contribution in [2.75, 3.05) is 6.54 Å². The van der Waals surface area contributed by atoms with Crippen LogP contribution >= 0.6 is 0 Å². The molecule has 0 unspecified atom stereocenters. The molecule has 0 saturated heterocycles. The maximum atomic E-state index is 13.2. The molecular formula is C16H17F2N. The SMILES string of the molecule is CCNCc1ccc(-c2cc(F)cc(F)c2)c(C)c1. The lowest BCUT2D eigenvalue weighted by molar-refractivity contribution is 0.584. The average Bonchev–Trinajstić information content (AvgIpc) is 2.35. The first kappa shape index (κ1) is 13.7. The van der Waals surface area contributed by atoms with Gasteiger partial charge < -0.3 is 5.32 Å². The van der Waals surface area contributed by atoms with Crippen molar-refractivity contribution in [1.82, 2.24) is 5.32 Å². The monoisotopic (exact) mass is 261 g/mol. The van der Waals surface area contributed by atoms with Crippen molar-refractivity contribution in [3.05, 3.63) is 59.2 Å². The molecule has 0 bridgehead atoms. The van der Waals surface area contributed by atoms with Crippen LogP contribution < -0.4 is 5.32 Å². The molecule has 0 amide bonds. The highest BCUT2D eigenvalue weighted by Gasteiger charge is 2.06. The molecule has 1 N–H and O–H groups in total. The molecule has 1 nitrogen and oxygen atoms in total. The van der Waals surface area contributed by atoms with Gasteiger partial charge in [0.1, 0.15) is 11.6 Å². The third-order valence-electron chi connectivity index (χ3n) is 3.04. The molecule has 100 valence electrons. The molecule has 0 aliphatic carbocycles. The molecule has 0 spiro atoms. The van der Waals surface area contributed by atoms with Crippen LogP contribution in [0.4, 0.5) is 8.78 Å². The zero-order valence-electron chi connectivity index (χ0n) is 11.1. The minimum Gasteiger partial charge on any atom is -0.313 e. The topological polar surface area (TPSA) is 12.0 Å². The van der Waals surface area contributed by atoms with Crippen LogP contribution in [-0.4, -0.2) is 6.54 Å². The predicted octanol–water partition coefficient (Wildman–Crippen LogP) is 4.05. The van der Waals surface area contributed by atoms with E-state index in [0.29, 0.717) is 5.56 Å². The van der Waals surface area contributed by atoms with Crippen molar-refractivity contribution in [1.29, 1.82) is 0 Å².